The van der Waals surface area contributed by atoms with E-state index in [1.54, 1.807) is 36.4 Å². The number of amides is 1. The molecule has 1 heterocycles. The van der Waals surface area contributed by atoms with E-state index in [0.717, 1.165) is 10.2 Å². The number of nitrogens with one attached hydrogen (secondary N) is 2. The minimum Gasteiger partial charge on any atom is -0.339 e. The first-order chi connectivity index (χ1) is 12.2. The zero-order valence-corrected chi connectivity index (χ0v) is 14.6. The van der Waals surface area contributed by atoms with Gasteiger partial charge in [0, 0.05) is 16.4 Å². The highest BCUT2D eigenvalue weighted by Gasteiger charge is 2.07. The molecule has 0 bridgehead atoms. The summed E-state index contributed by atoms with van der Waals surface area (Å²) in [6, 6.07) is 19.9. The monoisotopic (exact) mass is 392 g/mol. The topological polar surface area (TPSA) is 77.8 Å². The maximum Gasteiger partial charge on any atom is 0.257 e. The summed E-state index contributed by atoms with van der Waals surface area (Å²) in [5.41, 5.74) is 2.51. The summed E-state index contributed by atoms with van der Waals surface area (Å²) in [5.74, 6) is 0.381. The molecule has 0 unspecified atom stereocenters. The van der Waals surface area contributed by atoms with E-state index in [1.165, 1.54) is 6.20 Å². The average molecular weight is 393 g/mol. The number of para-hydroxylation sites is 1. The van der Waals surface area contributed by atoms with Gasteiger partial charge in [0.2, 0.25) is 0 Å². The van der Waals surface area contributed by atoms with Gasteiger partial charge in [-0.15, -0.1) is 0 Å². The standard InChI is InChI=1S/C19H13BrN4O/c20-16-3-1-2-4-17(16)24-18-10-7-14(12-22-18)19(25)23-15-8-5-13(11-21)6-9-15/h1-10,12H,(H,22,24)(H,23,25). The van der Waals surface area contributed by atoms with Gasteiger partial charge in [-0.05, 0) is 64.5 Å². The molecule has 6 heteroatoms. The lowest BCUT2D eigenvalue weighted by Gasteiger charge is -2.09. The molecule has 1 amide bonds. The number of anilines is 3. The van der Waals surface area contributed by atoms with Crippen molar-refractivity contribution >= 4 is 39.0 Å². The van der Waals surface area contributed by atoms with Crippen molar-refractivity contribution in [2.75, 3.05) is 10.6 Å². The normalized spacial score (nSPS) is 9.92. The van der Waals surface area contributed by atoms with Gasteiger partial charge in [0.05, 0.1) is 22.9 Å². The largest absolute Gasteiger partial charge is 0.339 e. The van der Waals surface area contributed by atoms with Gasteiger partial charge >= 0.3 is 0 Å². The summed E-state index contributed by atoms with van der Waals surface area (Å²) in [5, 5.41) is 14.7. The third-order valence-electron chi connectivity index (χ3n) is 3.43. The molecule has 0 aliphatic heterocycles. The Balaban J connectivity index is 1.68. The molecule has 25 heavy (non-hydrogen) atoms. The van der Waals surface area contributed by atoms with Gasteiger partial charge in [-0.1, -0.05) is 12.1 Å². The number of aromatic nitrogens is 1. The first kappa shape index (κ1) is 16.7. The highest BCUT2D eigenvalue weighted by molar-refractivity contribution is 9.10. The second-order valence-corrected chi connectivity index (χ2v) is 6.03. The molecule has 0 atom stereocenters. The second-order valence-electron chi connectivity index (χ2n) is 5.18. The highest BCUT2D eigenvalue weighted by Crippen LogP contribution is 2.24. The Kier molecular flexibility index (Phi) is 5.07. The van der Waals surface area contributed by atoms with Crippen LogP contribution in [-0.4, -0.2) is 10.9 Å². The minimum absolute atomic E-state index is 0.260. The molecular weight excluding hydrogens is 380 g/mol. The van der Waals surface area contributed by atoms with Crippen LogP contribution in [0.15, 0.2) is 71.3 Å². The molecule has 0 aliphatic carbocycles. The summed E-state index contributed by atoms with van der Waals surface area (Å²) >= 11 is 3.46. The van der Waals surface area contributed by atoms with E-state index in [0.29, 0.717) is 22.6 Å². The van der Waals surface area contributed by atoms with Crippen molar-refractivity contribution in [3.63, 3.8) is 0 Å². The molecule has 0 saturated heterocycles. The molecule has 2 aromatic carbocycles. The van der Waals surface area contributed by atoms with Crippen LogP contribution in [0.2, 0.25) is 0 Å². The van der Waals surface area contributed by atoms with Crippen LogP contribution >= 0.6 is 15.9 Å². The molecule has 3 aromatic rings. The number of benzene rings is 2. The molecule has 5 nitrogen and oxygen atoms in total. The van der Waals surface area contributed by atoms with Crippen molar-refractivity contribution in [3.8, 4) is 6.07 Å². The van der Waals surface area contributed by atoms with Crippen molar-refractivity contribution in [1.29, 1.82) is 5.26 Å². The number of halogens is 1. The molecule has 0 spiro atoms. The van der Waals surface area contributed by atoms with Crippen LogP contribution in [0.1, 0.15) is 15.9 Å². The van der Waals surface area contributed by atoms with Crippen LogP contribution in [0.4, 0.5) is 17.2 Å². The fourth-order valence-electron chi connectivity index (χ4n) is 2.13. The number of rotatable bonds is 4. The van der Waals surface area contributed by atoms with Gasteiger partial charge < -0.3 is 10.6 Å². The van der Waals surface area contributed by atoms with Crippen LogP contribution in [0.25, 0.3) is 0 Å². The predicted octanol–water partition coefficient (Wildman–Crippen LogP) is 4.71. The maximum absolute atomic E-state index is 12.2. The summed E-state index contributed by atoms with van der Waals surface area (Å²) < 4.78 is 0.930. The van der Waals surface area contributed by atoms with Gasteiger partial charge in [0.1, 0.15) is 5.82 Å². The van der Waals surface area contributed by atoms with Gasteiger partial charge in [0.25, 0.3) is 5.91 Å². The fraction of sp³-hybridized carbons (Fsp3) is 0. The Morgan fingerprint density at radius 2 is 1.80 bits per heavy atom. The highest BCUT2D eigenvalue weighted by atomic mass is 79.9. The van der Waals surface area contributed by atoms with Crippen molar-refractivity contribution < 1.29 is 4.79 Å². The summed E-state index contributed by atoms with van der Waals surface area (Å²) in [4.78, 5) is 16.5. The van der Waals surface area contributed by atoms with E-state index in [1.807, 2.05) is 30.3 Å². The molecule has 122 valence electrons. The molecular formula is C19H13BrN4O. The molecule has 0 fully saturated rings. The van der Waals surface area contributed by atoms with Crippen LogP contribution in [0.3, 0.4) is 0 Å². The second kappa shape index (κ2) is 7.60. The molecule has 1 aromatic heterocycles. The quantitative estimate of drug-likeness (QED) is 0.673. The van der Waals surface area contributed by atoms with Gasteiger partial charge in [0.15, 0.2) is 0 Å². The number of pyridine rings is 1. The van der Waals surface area contributed by atoms with E-state index in [2.05, 4.69) is 31.5 Å². The SMILES string of the molecule is N#Cc1ccc(NC(=O)c2ccc(Nc3ccccc3Br)nc2)cc1. The molecule has 0 radical (unpaired) electrons. The van der Waals surface area contributed by atoms with Gasteiger partial charge in [-0.25, -0.2) is 4.98 Å². The van der Waals surface area contributed by atoms with Gasteiger partial charge in [-0.2, -0.15) is 5.26 Å². The Labute approximate surface area is 153 Å². The Bertz CT molecular complexity index is 931. The third-order valence-corrected chi connectivity index (χ3v) is 4.13. The zero-order chi connectivity index (χ0) is 17.6. The van der Waals surface area contributed by atoms with Crippen LogP contribution < -0.4 is 10.6 Å². The van der Waals surface area contributed by atoms with E-state index < -0.39 is 0 Å². The lowest BCUT2D eigenvalue weighted by molar-refractivity contribution is 0.102. The lowest BCUT2D eigenvalue weighted by Crippen LogP contribution is -2.12. The number of nitrogens with zero attached hydrogens (tertiary/aromatic N) is 2. The molecule has 0 saturated carbocycles. The van der Waals surface area contributed by atoms with Crippen LogP contribution in [0.5, 0.6) is 0 Å². The number of hydrogen-bond acceptors (Lipinski definition) is 4. The van der Waals surface area contributed by atoms with E-state index in [-0.39, 0.29) is 5.91 Å². The van der Waals surface area contributed by atoms with Crippen LogP contribution in [0, 0.1) is 11.3 Å². The predicted molar refractivity (Wildman–Crippen MR) is 101 cm³/mol. The molecule has 2 N–H and O–H groups in total. The average Bonchev–Trinajstić information content (AvgIpc) is 2.65. The summed E-state index contributed by atoms with van der Waals surface area (Å²) in [7, 11) is 0. The van der Waals surface area contributed by atoms with Crippen LogP contribution in [-0.2, 0) is 0 Å². The maximum atomic E-state index is 12.2. The number of hydrogen-bond donors (Lipinski definition) is 2. The summed E-state index contributed by atoms with van der Waals surface area (Å²) in [6.07, 6.45) is 1.51. The lowest BCUT2D eigenvalue weighted by atomic mass is 10.2. The third kappa shape index (κ3) is 4.22. The summed E-state index contributed by atoms with van der Waals surface area (Å²) in [6.45, 7) is 0. The zero-order valence-electron chi connectivity index (χ0n) is 13.0. The van der Waals surface area contributed by atoms with E-state index in [4.69, 9.17) is 5.26 Å². The number of carbonyl (C=O) groups excluding carboxylic acids is 1. The van der Waals surface area contributed by atoms with Gasteiger partial charge in [-0.3, -0.25) is 4.79 Å². The fourth-order valence-corrected chi connectivity index (χ4v) is 2.52. The Morgan fingerprint density at radius 3 is 2.44 bits per heavy atom. The number of carbonyl (C=O) groups is 1. The Morgan fingerprint density at radius 1 is 1.04 bits per heavy atom. The van der Waals surface area contributed by atoms with E-state index in [9.17, 15) is 4.79 Å². The van der Waals surface area contributed by atoms with E-state index >= 15 is 0 Å². The number of nitriles is 1. The van der Waals surface area contributed by atoms with Crippen molar-refractivity contribution in [3.05, 3.63) is 82.5 Å². The molecule has 0 aliphatic rings. The van der Waals surface area contributed by atoms with Crippen molar-refractivity contribution in [2.45, 2.75) is 0 Å². The van der Waals surface area contributed by atoms with Crippen molar-refractivity contribution in [1.82, 2.24) is 4.98 Å². The minimum atomic E-state index is -0.260. The first-order valence-corrected chi connectivity index (χ1v) is 8.24. The Hall–Kier alpha value is -3.17. The molecule has 3 rings (SSSR count). The smallest absolute Gasteiger partial charge is 0.257 e. The van der Waals surface area contributed by atoms with Crippen molar-refractivity contribution in [2.24, 2.45) is 0 Å². The first-order valence-electron chi connectivity index (χ1n) is 7.45.